The lowest BCUT2D eigenvalue weighted by Crippen LogP contribution is -2.45. The Bertz CT molecular complexity index is 271. The van der Waals surface area contributed by atoms with Crippen molar-refractivity contribution in [1.82, 2.24) is 4.90 Å². The van der Waals surface area contributed by atoms with Crippen LogP contribution in [0.15, 0.2) is 0 Å². The second-order valence-electron chi connectivity index (χ2n) is 5.94. The Morgan fingerprint density at radius 3 is 2.69 bits per heavy atom. The number of hydrogen-bond donors (Lipinski definition) is 1. The Kier molecular flexibility index (Phi) is 1.15. The fourth-order valence-electron chi connectivity index (χ4n) is 5.22. The molecule has 5 aliphatic rings. The third kappa shape index (κ3) is 0.637. The van der Waals surface area contributed by atoms with Crippen molar-refractivity contribution in [2.24, 2.45) is 29.1 Å². The second kappa shape index (κ2) is 1.96. The molecule has 2 heteroatoms. The van der Waals surface area contributed by atoms with E-state index < -0.39 is 0 Å². The van der Waals surface area contributed by atoms with Crippen LogP contribution in [0.1, 0.15) is 19.3 Å². The molecule has 5 fully saturated rings. The summed E-state index contributed by atoms with van der Waals surface area (Å²) >= 11 is 4.80. The Morgan fingerprint density at radius 1 is 1.23 bits per heavy atom. The van der Waals surface area contributed by atoms with Gasteiger partial charge in [-0.25, -0.2) is 0 Å². The Hall–Kier alpha value is 0.310. The Labute approximate surface area is 85.3 Å². The van der Waals surface area contributed by atoms with Crippen LogP contribution < -0.4 is 0 Å². The molecule has 1 nitrogen and oxygen atoms in total. The van der Waals surface area contributed by atoms with Gasteiger partial charge in [0.1, 0.15) is 0 Å². The molecule has 4 aliphatic carbocycles. The van der Waals surface area contributed by atoms with E-state index in [1.54, 1.807) is 19.3 Å². The number of hydrogen-bond acceptors (Lipinski definition) is 2. The van der Waals surface area contributed by atoms with Crippen LogP contribution in [0.4, 0.5) is 0 Å². The predicted octanol–water partition coefficient (Wildman–Crippen LogP) is 1.85. The first-order valence-electron chi connectivity index (χ1n) is 5.60. The minimum Gasteiger partial charge on any atom is -0.294 e. The van der Waals surface area contributed by atoms with Gasteiger partial charge in [-0.05, 0) is 55.4 Å². The van der Waals surface area contributed by atoms with Crippen LogP contribution in [0.5, 0.6) is 0 Å². The average Bonchev–Trinajstić information content (AvgIpc) is 2.66. The molecule has 5 rings (SSSR count). The van der Waals surface area contributed by atoms with E-state index in [2.05, 4.69) is 11.9 Å². The zero-order valence-electron chi connectivity index (χ0n) is 8.11. The molecule has 13 heavy (non-hydrogen) atoms. The number of nitrogens with zero attached hydrogens (tertiary/aromatic N) is 1. The molecular formula is C11H17NS. The molecule has 4 saturated carbocycles. The van der Waals surface area contributed by atoms with Gasteiger partial charge in [0.25, 0.3) is 0 Å². The lowest BCUT2D eigenvalue weighted by atomic mass is 9.55. The van der Waals surface area contributed by atoms with Crippen LogP contribution in [-0.2, 0) is 0 Å². The van der Waals surface area contributed by atoms with Crippen LogP contribution in [-0.4, -0.2) is 23.9 Å². The molecule has 0 N–H and O–H groups in total. The lowest BCUT2D eigenvalue weighted by molar-refractivity contribution is 0.0000835. The summed E-state index contributed by atoms with van der Waals surface area (Å²) in [7, 11) is 2.25. The van der Waals surface area contributed by atoms with Gasteiger partial charge in [-0.3, -0.25) is 4.90 Å². The van der Waals surface area contributed by atoms with Crippen LogP contribution in [0.25, 0.3) is 0 Å². The molecule has 0 aromatic heterocycles. The Balaban J connectivity index is 1.79. The number of fused-ring (bicyclic) bond motifs is 1. The van der Waals surface area contributed by atoms with E-state index >= 15 is 0 Å². The molecule has 0 amide bonds. The summed E-state index contributed by atoms with van der Waals surface area (Å²) < 4.78 is 0. The highest BCUT2D eigenvalue weighted by molar-refractivity contribution is 7.80. The molecule has 1 saturated heterocycles. The highest BCUT2D eigenvalue weighted by atomic mass is 32.1. The SMILES string of the molecule is CN1CC2C3CC4(CC3C4)C2C1S. The van der Waals surface area contributed by atoms with Crippen molar-refractivity contribution in [3.05, 3.63) is 0 Å². The largest absolute Gasteiger partial charge is 0.294 e. The highest BCUT2D eigenvalue weighted by Crippen LogP contribution is 2.77. The summed E-state index contributed by atoms with van der Waals surface area (Å²) in [4.78, 5) is 2.48. The van der Waals surface area contributed by atoms with E-state index in [1.807, 2.05) is 0 Å². The third-order valence-electron chi connectivity index (χ3n) is 5.58. The van der Waals surface area contributed by atoms with Gasteiger partial charge < -0.3 is 0 Å². The Morgan fingerprint density at radius 2 is 2.00 bits per heavy atom. The monoisotopic (exact) mass is 195 g/mol. The summed E-state index contributed by atoms with van der Waals surface area (Å²) in [6.45, 7) is 1.34. The lowest BCUT2D eigenvalue weighted by Gasteiger charge is -2.50. The van der Waals surface area contributed by atoms with Gasteiger partial charge in [-0.15, -0.1) is 0 Å². The maximum absolute atomic E-state index is 4.80. The number of thiol groups is 1. The molecule has 1 heterocycles. The first kappa shape index (κ1) is 7.58. The zero-order chi connectivity index (χ0) is 8.79. The fourth-order valence-corrected chi connectivity index (χ4v) is 5.85. The van der Waals surface area contributed by atoms with Crippen molar-refractivity contribution in [1.29, 1.82) is 0 Å². The van der Waals surface area contributed by atoms with Crippen LogP contribution in [0.3, 0.4) is 0 Å². The molecule has 0 aromatic rings. The van der Waals surface area contributed by atoms with E-state index in [9.17, 15) is 0 Å². The molecule has 4 atom stereocenters. The molecule has 1 spiro atoms. The summed E-state index contributed by atoms with van der Waals surface area (Å²) in [5, 5.41) is 0.580. The molecule has 0 radical (unpaired) electrons. The third-order valence-corrected chi connectivity index (χ3v) is 6.29. The quantitative estimate of drug-likeness (QED) is 0.577. The van der Waals surface area contributed by atoms with Gasteiger partial charge in [0, 0.05) is 6.54 Å². The summed E-state index contributed by atoms with van der Waals surface area (Å²) in [5.41, 5.74) is 0.789. The molecule has 0 aromatic carbocycles. The van der Waals surface area contributed by atoms with Gasteiger partial charge in [0.15, 0.2) is 0 Å². The van der Waals surface area contributed by atoms with Crippen molar-refractivity contribution in [3.63, 3.8) is 0 Å². The minimum atomic E-state index is 0.580. The zero-order valence-corrected chi connectivity index (χ0v) is 9.00. The van der Waals surface area contributed by atoms with E-state index in [0.717, 1.165) is 29.1 Å². The molecule has 3 bridgehead atoms. The standard InChI is InChI=1S/C11H17NS/c1-12-5-8-7-4-11(2-6(7)3-11)9(8)10(12)13/h6-10,13H,2-5H2,1H3. The minimum absolute atomic E-state index is 0.580. The van der Waals surface area contributed by atoms with E-state index in [4.69, 9.17) is 12.6 Å². The van der Waals surface area contributed by atoms with Crippen LogP contribution in [0, 0.1) is 29.1 Å². The maximum Gasteiger partial charge on any atom is 0.0562 e. The second-order valence-corrected chi connectivity index (χ2v) is 6.47. The highest BCUT2D eigenvalue weighted by Gasteiger charge is 2.72. The maximum atomic E-state index is 4.80. The first-order chi connectivity index (χ1) is 6.21. The van der Waals surface area contributed by atoms with Crippen molar-refractivity contribution >= 4 is 12.6 Å². The van der Waals surface area contributed by atoms with Gasteiger partial charge in [-0.2, -0.15) is 12.6 Å². The van der Waals surface area contributed by atoms with Crippen molar-refractivity contribution in [2.45, 2.75) is 24.6 Å². The summed E-state index contributed by atoms with van der Waals surface area (Å²) in [5.74, 6) is 4.22. The topological polar surface area (TPSA) is 3.24 Å². The normalized spacial score (nSPS) is 68.3. The summed E-state index contributed by atoms with van der Waals surface area (Å²) in [6.07, 6.45) is 4.69. The fraction of sp³-hybridized carbons (Fsp3) is 1.00. The summed E-state index contributed by atoms with van der Waals surface area (Å²) in [6, 6.07) is 0. The van der Waals surface area contributed by atoms with Gasteiger partial charge in [0.2, 0.25) is 0 Å². The molecule has 1 aliphatic heterocycles. The van der Waals surface area contributed by atoms with Gasteiger partial charge in [0.05, 0.1) is 5.37 Å². The van der Waals surface area contributed by atoms with Crippen LogP contribution >= 0.6 is 12.6 Å². The first-order valence-corrected chi connectivity index (χ1v) is 6.11. The van der Waals surface area contributed by atoms with Crippen LogP contribution in [0.2, 0.25) is 0 Å². The molecule has 4 unspecified atom stereocenters. The van der Waals surface area contributed by atoms with Gasteiger partial charge >= 0.3 is 0 Å². The van der Waals surface area contributed by atoms with Crippen molar-refractivity contribution in [2.75, 3.05) is 13.6 Å². The predicted molar refractivity (Wildman–Crippen MR) is 55.6 cm³/mol. The number of likely N-dealkylation sites (tertiary alicyclic amines) is 1. The van der Waals surface area contributed by atoms with Crippen molar-refractivity contribution in [3.8, 4) is 0 Å². The van der Waals surface area contributed by atoms with E-state index in [0.29, 0.717) is 5.37 Å². The average molecular weight is 195 g/mol. The van der Waals surface area contributed by atoms with E-state index in [-0.39, 0.29) is 0 Å². The number of rotatable bonds is 0. The molecule has 72 valence electrons. The molecular weight excluding hydrogens is 178 g/mol. The van der Waals surface area contributed by atoms with Gasteiger partial charge in [-0.1, -0.05) is 0 Å². The van der Waals surface area contributed by atoms with E-state index in [1.165, 1.54) is 6.54 Å². The smallest absolute Gasteiger partial charge is 0.0562 e. The van der Waals surface area contributed by atoms with Crippen molar-refractivity contribution < 1.29 is 0 Å².